The van der Waals surface area contributed by atoms with E-state index < -0.39 is 0 Å². The van der Waals surface area contributed by atoms with E-state index >= 15 is 0 Å². The number of piperidine rings is 1. The van der Waals surface area contributed by atoms with E-state index in [1.807, 2.05) is 6.07 Å². The summed E-state index contributed by atoms with van der Waals surface area (Å²) in [4.78, 5) is 2.46. The molecule has 0 radical (unpaired) electrons. The van der Waals surface area contributed by atoms with Gasteiger partial charge in [0.1, 0.15) is 5.82 Å². The van der Waals surface area contributed by atoms with E-state index in [1.54, 1.807) is 13.2 Å². The Morgan fingerprint density at radius 2 is 1.80 bits per heavy atom. The number of fused-ring (bicyclic) bond motifs is 2. The average molecular weight is 341 g/mol. The van der Waals surface area contributed by atoms with Gasteiger partial charge in [-0.2, -0.15) is 0 Å². The molecular formula is C21H24FNO2. The van der Waals surface area contributed by atoms with E-state index in [2.05, 4.69) is 29.2 Å². The summed E-state index contributed by atoms with van der Waals surface area (Å²) in [7, 11) is 1.71. The Balaban J connectivity index is 1.40. The fourth-order valence-corrected chi connectivity index (χ4v) is 4.04. The van der Waals surface area contributed by atoms with E-state index in [1.165, 1.54) is 17.2 Å². The maximum absolute atomic E-state index is 13.7. The molecule has 1 saturated heterocycles. The fourth-order valence-electron chi connectivity index (χ4n) is 4.04. The number of hydrogen-bond acceptors (Lipinski definition) is 3. The summed E-state index contributed by atoms with van der Waals surface area (Å²) >= 11 is 0. The predicted molar refractivity (Wildman–Crippen MR) is 94.5 cm³/mol. The van der Waals surface area contributed by atoms with Gasteiger partial charge >= 0.3 is 0 Å². The molecule has 3 nitrogen and oxygen atoms in total. The van der Waals surface area contributed by atoms with Crippen molar-refractivity contribution in [2.75, 3.05) is 20.2 Å². The summed E-state index contributed by atoms with van der Waals surface area (Å²) in [6, 6.07) is 13.7. The zero-order chi connectivity index (χ0) is 17.3. The van der Waals surface area contributed by atoms with Crippen molar-refractivity contribution in [3.63, 3.8) is 0 Å². The van der Waals surface area contributed by atoms with Crippen LogP contribution in [0.1, 0.15) is 35.1 Å². The molecular weight excluding hydrogens is 317 g/mol. The van der Waals surface area contributed by atoms with E-state index in [0.717, 1.165) is 43.6 Å². The first-order valence-electron chi connectivity index (χ1n) is 8.90. The third-order valence-electron chi connectivity index (χ3n) is 5.47. The van der Waals surface area contributed by atoms with Crippen molar-refractivity contribution in [2.24, 2.45) is 0 Å². The molecule has 0 unspecified atom stereocenters. The Morgan fingerprint density at radius 3 is 2.52 bits per heavy atom. The van der Waals surface area contributed by atoms with Crippen molar-refractivity contribution >= 4 is 0 Å². The maximum Gasteiger partial charge on any atom is 0.123 e. The Labute approximate surface area is 148 Å². The molecule has 2 aromatic carbocycles. The van der Waals surface area contributed by atoms with Gasteiger partial charge in [-0.25, -0.2) is 4.39 Å². The lowest BCUT2D eigenvalue weighted by Gasteiger charge is -2.39. The fraction of sp³-hybridized carbons (Fsp3) is 0.429. The van der Waals surface area contributed by atoms with Crippen LogP contribution in [-0.4, -0.2) is 25.1 Å². The topological polar surface area (TPSA) is 21.7 Å². The van der Waals surface area contributed by atoms with Crippen molar-refractivity contribution < 1.29 is 13.9 Å². The van der Waals surface area contributed by atoms with Crippen LogP contribution in [0, 0.1) is 5.82 Å². The van der Waals surface area contributed by atoms with Gasteiger partial charge in [-0.3, -0.25) is 4.90 Å². The van der Waals surface area contributed by atoms with Crippen LogP contribution in [0.25, 0.3) is 0 Å². The standard InChI is InChI=1S/C21H24FNO2/c1-24-14-17-4-2-16(3-5-17)13-23-10-8-21(9-11-23)20-12-19(22)7-6-18(20)15-25-21/h2-7,12H,8-11,13-15H2,1H3. The second-order valence-electron chi connectivity index (χ2n) is 7.11. The molecule has 0 aromatic heterocycles. The van der Waals surface area contributed by atoms with Gasteiger partial charge in [-0.15, -0.1) is 0 Å². The van der Waals surface area contributed by atoms with E-state index in [4.69, 9.17) is 9.47 Å². The minimum absolute atomic E-state index is 0.165. The Kier molecular flexibility index (Phi) is 4.59. The predicted octanol–water partition coefficient (Wildman–Crippen LogP) is 3.99. The average Bonchev–Trinajstić information content (AvgIpc) is 2.97. The molecule has 0 atom stereocenters. The van der Waals surface area contributed by atoms with Gasteiger partial charge in [0.2, 0.25) is 0 Å². The molecule has 0 amide bonds. The third kappa shape index (κ3) is 3.34. The molecule has 25 heavy (non-hydrogen) atoms. The molecule has 2 aromatic rings. The number of ether oxygens (including phenoxy) is 2. The third-order valence-corrected chi connectivity index (χ3v) is 5.47. The van der Waals surface area contributed by atoms with E-state index in [9.17, 15) is 4.39 Å². The van der Waals surface area contributed by atoms with Gasteiger partial charge in [0, 0.05) is 26.7 Å². The van der Waals surface area contributed by atoms with Crippen LogP contribution >= 0.6 is 0 Å². The zero-order valence-electron chi connectivity index (χ0n) is 14.6. The second-order valence-corrected chi connectivity index (χ2v) is 7.11. The smallest absolute Gasteiger partial charge is 0.123 e. The van der Waals surface area contributed by atoms with Crippen LogP contribution in [0.3, 0.4) is 0 Å². The van der Waals surface area contributed by atoms with Gasteiger partial charge in [0.05, 0.1) is 18.8 Å². The zero-order valence-corrected chi connectivity index (χ0v) is 14.6. The molecule has 132 valence electrons. The van der Waals surface area contributed by atoms with E-state index in [0.29, 0.717) is 13.2 Å². The first kappa shape index (κ1) is 16.7. The molecule has 2 heterocycles. The van der Waals surface area contributed by atoms with Crippen LogP contribution in [0.15, 0.2) is 42.5 Å². The van der Waals surface area contributed by atoms with E-state index in [-0.39, 0.29) is 11.4 Å². The Morgan fingerprint density at radius 1 is 1.08 bits per heavy atom. The normalized spacial score (nSPS) is 19.3. The van der Waals surface area contributed by atoms with Gasteiger partial charge in [-0.05, 0) is 47.2 Å². The lowest BCUT2D eigenvalue weighted by atomic mass is 9.83. The van der Waals surface area contributed by atoms with Crippen molar-refractivity contribution in [2.45, 2.75) is 38.2 Å². The number of halogens is 1. The minimum Gasteiger partial charge on any atom is -0.380 e. The summed E-state index contributed by atoms with van der Waals surface area (Å²) < 4.78 is 25.0. The number of rotatable bonds is 4. The van der Waals surface area contributed by atoms with Crippen molar-refractivity contribution in [1.82, 2.24) is 4.90 Å². The summed E-state index contributed by atoms with van der Waals surface area (Å²) in [5, 5.41) is 0. The SMILES string of the molecule is COCc1ccc(CN2CCC3(CC2)OCc2ccc(F)cc23)cc1. The van der Waals surface area contributed by atoms with Crippen LogP contribution in [0.5, 0.6) is 0 Å². The first-order valence-corrected chi connectivity index (χ1v) is 8.90. The molecule has 0 saturated carbocycles. The van der Waals surface area contributed by atoms with Crippen molar-refractivity contribution in [3.8, 4) is 0 Å². The molecule has 0 aliphatic carbocycles. The maximum atomic E-state index is 13.7. The molecule has 1 fully saturated rings. The number of nitrogens with zero attached hydrogens (tertiary/aromatic N) is 1. The molecule has 2 aliphatic heterocycles. The Hall–Kier alpha value is -1.75. The van der Waals surface area contributed by atoms with Crippen LogP contribution < -0.4 is 0 Å². The number of likely N-dealkylation sites (tertiary alicyclic amines) is 1. The summed E-state index contributed by atoms with van der Waals surface area (Å²) in [6.07, 6.45) is 1.84. The van der Waals surface area contributed by atoms with Crippen LogP contribution in [0.4, 0.5) is 4.39 Å². The first-order chi connectivity index (χ1) is 12.2. The Bertz CT molecular complexity index is 736. The van der Waals surface area contributed by atoms with Crippen LogP contribution in [-0.2, 0) is 34.8 Å². The highest BCUT2D eigenvalue weighted by Crippen LogP contribution is 2.44. The lowest BCUT2D eigenvalue weighted by Crippen LogP contribution is -2.42. The van der Waals surface area contributed by atoms with Gasteiger partial charge in [-0.1, -0.05) is 30.3 Å². The highest BCUT2D eigenvalue weighted by molar-refractivity contribution is 5.36. The molecule has 4 heteroatoms. The molecule has 0 bridgehead atoms. The highest BCUT2D eigenvalue weighted by Gasteiger charge is 2.42. The summed E-state index contributed by atoms with van der Waals surface area (Å²) in [6.45, 7) is 4.14. The highest BCUT2D eigenvalue weighted by atomic mass is 19.1. The molecule has 2 aliphatic rings. The largest absolute Gasteiger partial charge is 0.380 e. The van der Waals surface area contributed by atoms with Crippen molar-refractivity contribution in [3.05, 3.63) is 70.5 Å². The summed E-state index contributed by atoms with van der Waals surface area (Å²) in [5.41, 5.74) is 4.44. The number of hydrogen-bond donors (Lipinski definition) is 0. The van der Waals surface area contributed by atoms with Gasteiger partial charge in [0.25, 0.3) is 0 Å². The quantitative estimate of drug-likeness (QED) is 0.839. The van der Waals surface area contributed by atoms with Gasteiger partial charge in [0.15, 0.2) is 0 Å². The number of methoxy groups -OCH3 is 1. The summed E-state index contributed by atoms with van der Waals surface area (Å²) in [5.74, 6) is -0.165. The molecule has 4 rings (SSSR count). The van der Waals surface area contributed by atoms with Gasteiger partial charge < -0.3 is 9.47 Å². The lowest BCUT2D eigenvalue weighted by molar-refractivity contribution is -0.0800. The van der Waals surface area contributed by atoms with Crippen molar-refractivity contribution in [1.29, 1.82) is 0 Å². The molecule has 1 spiro atoms. The molecule has 0 N–H and O–H groups in total. The second kappa shape index (κ2) is 6.87. The van der Waals surface area contributed by atoms with Crippen LogP contribution in [0.2, 0.25) is 0 Å². The minimum atomic E-state index is -0.281. The number of benzene rings is 2. The monoisotopic (exact) mass is 341 g/mol.